The molecule has 2 aromatic carbocycles. The van der Waals surface area contributed by atoms with Crippen LogP contribution in [0.3, 0.4) is 0 Å². The molecule has 180 valence electrons. The van der Waals surface area contributed by atoms with Crippen molar-refractivity contribution < 1.29 is 28.5 Å². The lowest BCUT2D eigenvalue weighted by Gasteiger charge is -2.19. The van der Waals surface area contributed by atoms with Crippen LogP contribution in [0.2, 0.25) is 0 Å². The molecule has 0 aliphatic carbocycles. The molecule has 0 aliphatic heterocycles. The molecule has 1 unspecified atom stereocenters. The zero-order valence-electron chi connectivity index (χ0n) is 20.2. The fraction of sp³-hybridized carbons (Fsp3) is 0.462. The molecule has 0 bridgehead atoms. The summed E-state index contributed by atoms with van der Waals surface area (Å²) in [5, 5.41) is 2.77. The van der Waals surface area contributed by atoms with E-state index in [1.54, 1.807) is 13.0 Å². The largest absolute Gasteiger partial charge is 0.493 e. The maximum atomic E-state index is 12.0. The summed E-state index contributed by atoms with van der Waals surface area (Å²) in [5.74, 6) is 0.880. The number of amides is 1. The first kappa shape index (κ1) is 26.2. The van der Waals surface area contributed by atoms with Gasteiger partial charge in [-0.25, -0.2) is 9.59 Å². The Hall–Kier alpha value is -3.06. The number of nitrogens with one attached hydrogen (secondary N) is 1. The van der Waals surface area contributed by atoms with Gasteiger partial charge in [-0.05, 0) is 70.0 Å². The standard InChI is InChI=1S/C26H35NO6/c1-6-30-23(24(28)31-7-2)18-20-11-13-21(14-12-20)32-16-15-19-9-8-10-22(17-19)33-25(29)27-26(3,4)5/h8-14,17,23H,6-7,15-16,18H2,1-5H3,(H,27,29). The Labute approximate surface area is 196 Å². The van der Waals surface area contributed by atoms with Gasteiger partial charge in [0.15, 0.2) is 6.10 Å². The molecule has 2 aromatic rings. The third-order valence-electron chi connectivity index (χ3n) is 4.51. The Morgan fingerprint density at radius 1 is 0.939 bits per heavy atom. The number of carbonyl (C=O) groups excluding carboxylic acids is 2. The van der Waals surface area contributed by atoms with E-state index < -0.39 is 12.2 Å². The third kappa shape index (κ3) is 9.95. The van der Waals surface area contributed by atoms with E-state index in [0.29, 0.717) is 38.4 Å². The van der Waals surface area contributed by atoms with Crippen LogP contribution in [0.25, 0.3) is 0 Å². The first-order valence-corrected chi connectivity index (χ1v) is 11.3. The Balaban J connectivity index is 1.85. The molecule has 1 atom stereocenters. The molecule has 0 aromatic heterocycles. The monoisotopic (exact) mass is 457 g/mol. The molecule has 0 aliphatic rings. The summed E-state index contributed by atoms with van der Waals surface area (Å²) in [6, 6.07) is 15.0. The van der Waals surface area contributed by atoms with Gasteiger partial charge in [-0.2, -0.15) is 0 Å². The number of hydrogen-bond acceptors (Lipinski definition) is 6. The van der Waals surface area contributed by atoms with Crippen LogP contribution < -0.4 is 14.8 Å². The number of esters is 1. The van der Waals surface area contributed by atoms with Crippen molar-refractivity contribution in [2.24, 2.45) is 0 Å². The fourth-order valence-corrected chi connectivity index (χ4v) is 3.07. The lowest BCUT2D eigenvalue weighted by molar-refractivity contribution is -0.156. The van der Waals surface area contributed by atoms with Crippen LogP contribution >= 0.6 is 0 Å². The maximum Gasteiger partial charge on any atom is 0.413 e. The second-order valence-electron chi connectivity index (χ2n) is 8.55. The topological polar surface area (TPSA) is 83.1 Å². The molecule has 0 heterocycles. The number of rotatable bonds is 11. The number of hydrogen-bond donors (Lipinski definition) is 1. The summed E-state index contributed by atoms with van der Waals surface area (Å²) in [4.78, 5) is 24.0. The van der Waals surface area contributed by atoms with Crippen molar-refractivity contribution >= 4 is 12.1 Å². The number of ether oxygens (including phenoxy) is 4. The van der Waals surface area contributed by atoms with Crippen molar-refractivity contribution in [2.75, 3.05) is 19.8 Å². The van der Waals surface area contributed by atoms with E-state index in [9.17, 15) is 9.59 Å². The Morgan fingerprint density at radius 2 is 1.67 bits per heavy atom. The Morgan fingerprint density at radius 3 is 2.30 bits per heavy atom. The predicted molar refractivity (Wildman–Crippen MR) is 127 cm³/mol. The Kier molecular flexibility index (Phi) is 10.2. The van der Waals surface area contributed by atoms with Gasteiger partial charge in [0.1, 0.15) is 11.5 Å². The average molecular weight is 458 g/mol. The van der Waals surface area contributed by atoms with Crippen LogP contribution in [0.1, 0.15) is 45.7 Å². The van der Waals surface area contributed by atoms with Gasteiger partial charge in [0.05, 0.1) is 13.2 Å². The molecule has 7 nitrogen and oxygen atoms in total. The molecule has 0 saturated heterocycles. The maximum absolute atomic E-state index is 12.0. The van der Waals surface area contributed by atoms with Crippen LogP contribution in [0.4, 0.5) is 4.79 Å². The van der Waals surface area contributed by atoms with Crippen molar-refractivity contribution in [3.63, 3.8) is 0 Å². The second kappa shape index (κ2) is 12.8. The number of benzene rings is 2. The molecule has 0 fully saturated rings. The minimum absolute atomic E-state index is 0.328. The van der Waals surface area contributed by atoms with E-state index in [1.165, 1.54) is 0 Å². The van der Waals surface area contributed by atoms with Gasteiger partial charge in [-0.1, -0.05) is 24.3 Å². The summed E-state index contributed by atoms with van der Waals surface area (Å²) in [6.07, 6.45) is 0.0182. The highest BCUT2D eigenvalue weighted by atomic mass is 16.6. The fourth-order valence-electron chi connectivity index (χ4n) is 3.07. The molecule has 0 spiro atoms. The molecule has 1 N–H and O–H groups in total. The summed E-state index contributed by atoms with van der Waals surface area (Å²) in [7, 11) is 0. The summed E-state index contributed by atoms with van der Waals surface area (Å²) in [5.41, 5.74) is 1.61. The quantitative estimate of drug-likeness (QED) is 0.492. The smallest absolute Gasteiger partial charge is 0.413 e. The van der Waals surface area contributed by atoms with Gasteiger partial charge in [-0.3, -0.25) is 0 Å². The third-order valence-corrected chi connectivity index (χ3v) is 4.51. The van der Waals surface area contributed by atoms with E-state index in [4.69, 9.17) is 18.9 Å². The van der Waals surface area contributed by atoms with Crippen molar-refractivity contribution in [3.8, 4) is 11.5 Å². The van der Waals surface area contributed by atoms with E-state index in [-0.39, 0.29) is 11.5 Å². The lowest BCUT2D eigenvalue weighted by Crippen LogP contribution is -2.42. The van der Waals surface area contributed by atoms with Crippen molar-refractivity contribution in [2.45, 2.75) is 59.1 Å². The molecule has 1 amide bonds. The van der Waals surface area contributed by atoms with Crippen molar-refractivity contribution in [1.29, 1.82) is 0 Å². The van der Waals surface area contributed by atoms with Crippen LogP contribution in [-0.2, 0) is 27.1 Å². The first-order valence-electron chi connectivity index (χ1n) is 11.3. The van der Waals surface area contributed by atoms with Crippen LogP contribution in [0.15, 0.2) is 48.5 Å². The molecule has 7 heteroatoms. The van der Waals surface area contributed by atoms with Gasteiger partial charge >= 0.3 is 12.1 Å². The van der Waals surface area contributed by atoms with Gasteiger partial charge in [-0.15, -0.1) is 0 Å². The molecular formula is C26H35NO6. The minimum Gasteiger partial charge on any atom is -0.493 e. The second-order valence-corrected chi connectivity index (χ2v) is 8.55. The van der Waals surface area contributed by atoms with Crippen molar-refractivity contribution in [1.82, 2.24) is 5.32 Å². The van der Waals surface area contributed by atoms with Crippen LogP contribution in [0, 0.1) is 0 Å². The zero-order chi connectivity index (χ0) is 24.3. The molecule has 0 radical (unpaired) electrons. The Bertz CT molecular complexity index is 888. The molecular weight excluding hydrogens is 422 g/mol. The molecule has 2 rings (SSSR count). The summed E-state index contributed by atoms with van der Waals surface area (Å²) < 4.78 is 21.8. The predicted octanol–water partition coefficient (Wildman–Crippen LogP) is 4.71. The number of carbonyl (C=O) groups is 2. The highest BCUT2D eigenvalue weighted by Gasteiger charge is 2.20. The first-order chi connectivity index (χ1) is 15.7. The average Bonchev–Trinajstić information content (AvgIpc) is 2.73. The molecule has 0 saturated carbocycles. The summed E-state index contributed by atoms with van der Waals surface area (Å²) >= 11 is 0. The molecule has 33 heavy (non-hydrogen) atoms. The van der Waals surface area contributed by atoms with Gasteiger partial charge in [0.2, 0.25) is 0 Å². The van der Waals surface area contributed by atoms with Crippen LogP contribution in [0.5, 0.6) is 11.5 Å². The van der Waals surface area contributed by atoms with E-state index in [2.05, 4.69) is 5.32 Å². The minimum atomic E-state index is -0.610. The van der Waals surface area contributed by atoms with Gasteiger partial charge in [0, 0.05) is 25.0 Å². The normalized spacial score (nSPS) is 12.0. The van der Waals surface area contributed by atoms with Crippen LogP contribution in [-0.4, -0.2) is 43.5 Å². The zero-order valence-corrected chi connectivity index (χ0v) is 20.2. The van der Waals surface area contributed by atoms with E-state index in [1.807, 2.05) is 70.2 Å². The van der Waals surface area contributed by atoms with Crippen molar-refractivity contribution in [3.05, 3.63) is 59.7 Å². The van der Waals surface area contributed by atoms with Gasteiger partial charge < -0.3 is 24.3 Å². The summed E-state index contributed by atoms with van der Waals surface area (Å²) in [6.45, 7) is 10.6. The highest BCUT2D eigenvalue weighted by Crippen LogP contribution is 2.17. The highest BCUT2D eigenvalue weighted by molar-refractivity contribution is 5.75. The van der Waals surface area contributed by atoms with Gasteiger partial charge in [0.25, 0.3) is 0 Å². The lowest BCUT2D eigenvalue weighted by atomic mass is 10.1. The van der Waals surface area contributed by atoms with E-state index >= 15 is 0 Å². The van der Waals surface area contributed by atoms with E-state index in [0.717, 1.165) is 16.9 Å². The SMILES string of the molecule is CCOC(=O)C(Cc1ccc(OCCc2cccc(OC(=O)NC(C)(C)C)c2)cc1)OCC.